The van der Waals surface area contributed by atoms with Crippen molar-refractivity contribution in [2.75, 3.05) is 5.75 Å². The number of fused-ring (bicyclic) bond motifs is 1. The van der Waals surface area contributed by atoms with Crippen LogP contribution < -0.4 is 0 Å². The molecule has 132 valence electrons. The average Bonchev–Trinajstić information content (AvgIpc) is 2.91. The summed E-state index contributed by atoms with van der Waals surface area (Å²) < 4.78 is 26.8. The van der Waals surface area contributed by atoms with Gasteiger partial charge in [0, 0.05) is 5.41 Å². The molecule has 2 bridgehead atoms. The maximum Gasteiger partial charge on any atom is 0.241 e. The van der Waals surface area contributed by atoms with E-state index in [1.165, 1.54) is 4.31 Å². The highest BCUT2D eigenvalue weighted by atomic mass is 32.2. The zero-order valence-corrected chi connectivity index (χ0v) is 15.6. The fourth-order valence-corrected chi connectivity index (χ4v) is 8.12. The third-order valence-corrected chi connectivity index (χ3v) is 9.13. The Kier molecular flexibility index (Phi) is 3.70. The number of hydrogen-bond donors (Lipinski definition) is 1. The minimum atomic E-state index is -3.59. The van der Waals surface area contributed by atoms with Crippen molar-refractivity contribution in [1.29, 1.82) is 0 Å². The van der Waals surface area contributed by atoms with Crippen molar-refractivity contribution < 1.29 is 18.3 Å². The van der Waals surface area contributed by atoms with Gasteiger partial charge in [-0.15, -0.1) is 0 Å². The number of nitrogens with zero attached hydrogens (tertiary/aromatic N) is 1. The molecular weight excluding hydrogens is 314 g/mol. The van der Waals surface area contributed by atoms with Gasteiger partial charge >= 0.3 is 0 Å². The Hall–Kier alpha value is -0.620. The summed E-state index contributed by atoms with van der Waals surface area (Å²) in [5.41, 5.74) is -0.339. The fourth-order valence-electron chi connectivity index (χ4n) is 5.50. The van der Waals surface area contributed by atoms with Gasteiger partial charge < -0.3 is 5.11 Å². The van der Waals surface area contributed by atoms with Gasteiger partial charge in [0.1, 0.15) is 0 Å². The van der Waals surface area contributed by atoms with Gasteiger partial charge in [0.05, 0.1) is 23.8 Å². The maximum absolute atomic E-state index is 12.9. The highest BCUT2D eigenvalue weighted by Crippen LogP contribution is 2.70. The molecule has 3 rings (SSSR count). The van der Waals surface area contributed by atoms with Gasteiger partial charge in [0.15, 0.2) is 0 Å². The van der Waals surface area contributed by atoms with E-state index in [4.69, 9.17) is 0 Å². The highest BCUT2D eigenvalue weighted by molar-refractivity contribution is 7.90. The molecule has 5 atom stereocenters. The molecule has 0 aromatic carbocycles. The summed E-state index contributed by atoms with van der Waals surface area (Å²) in [5.74, 6) is -0.614. The van der Waals surface area contributed by atoms with Crippen molar-refractivity contribution in [3.05, 3.63) is 0 Å². The number of aliphatic hydroxyl groups excluding tert-OH is 1. The molecule has 1 spiro atoms. The van der Waals surface area contributed by atoms with E-state index in [1.807, 2.05) is 13.8 Å². The lowest BCUT2D eigenvalue weighted by Gasteiger charge is -2.37. The molecule has 2 aliphatic carbocycles. The molecule has 5 nitrogen and oxygen atoms in total. The zero-order valence-electron chi connectivity index (χ0n) is 14.7. The predicted octanol–water partition coefficient (Wildman–Crippen LogP) is 2.01. The van der Waals surface area contributed by atoms with Gasteiger partial charge in [-0.1, -0.05) is 34.6 Å². The average molecular weight is 343 g/mol. The predicted molar refractivity (Wildman–Crippen MR) is 88.0 cm³/mol. The third-order valence-electron chi connectivity index (χ3n) is 7.21. The van der Waals surface area contributed by atoms with Crippen LogP contribution in [0.1, 0.15) is 53.9 Å². The number of sulfonamides is 1. The van der Waals surface area contributed by atoms with E-state index in [0.29, 0.717) is 5.92 Å². The molecular formula is C17H29NO4S. The van der Waals surface area contributed by atoms with Crippen LogP contribution in [0.25, 0.3) is 0 Å². The molecule has 0 unspecified atom stereocenters. The number of carbonyl (C=O) groups is 1. The van der Waals surface area contributed by atoms with Crippen molar-refractivity contribution in [3.8, 4) is 0 Å². The molecule has 2 saturated carbocycles. The van der Waals surface area contributed by atoms with Crippen LogP contribution in [-0.4, -0.2) is 41.6 Å². The fraction of sp³-hybridized carbons (Fsp3) is 0.941. The van der Waals surface area contributed by atoms with Gasteiger partial charge in [0.25, 0.3) is 0 Å². The Labute approximate surface area is 139 Å². The molecule has 0 aromatic rings. The van der Waals surface area contributed by atoms with Crippen LogP contribution in [-0.2, 0) is 14.8 Å². The number of hydrogen-bond acceptors (Lipinski definition) is 4. The summed E-state index contributed by atoms with van der Waals surface area (Å²) in [5, 5.41) is 10.2. The van der Waals surface area contributed by atoms with Gasteiger partial charge in [-0.2, -0.15) is 0 Å². The smallest absolute Gasteiger partial charge is 0.241 e. The van der Waals surface area contributed by atoms with Crippen LogP contribution in [0.4, 0.5) is 0 Å². The molecule has 6 heteroatoms. The first kappa shape index (κ1) is 17.2. The Balaban J connectivity index is 1.97. The van der Waals surface area contributed by atoms with Crippen molar-refractivity contribution in [1.82, 2.24) is 4.31 Å². The van der Waals surface area contributed by atoms with Crippen molar-refractivity contribution in [3.63, 3.8) is 0 Å². The van der Waals surface area contributed by atoms with E-state index in [2.05, 4.69) is 13.8 Å². The lowest BCUT2D eigenvalue weighted by atomic mass is 9.69. The quantitative estimate of drug-likeness (QED) is 0.850. The number of amides is 1. The molecule has 3 aliphatic rings. The largest absolute Gasteiger partial charge is 0.392 e. The lowest BCUT2D eigenvalue weighted by Crippen LogP contribution is -2.48. The van der Waals surface area contributed by atoms with Crippen LogP contribution in [0, 0.1) is 28.6 Å². The topological polar surface area (TPSA) is 74.7 Å². The second-order valence-corrected chi connectivity index (χ2v) is 10.6. The molecule has 0 aromatic heterocycles. The van der Waals surface area contributed by atoms with Crippen LogP contribution in [0.3, 0.4) is 0 Å². The van der Waals surface area contributed by atoms with Crippen LogP contribution in [0.2, 0.25) is 0 Å². The summed E-state index contributed by atoms with van der Waals surface area (Å²) in [6.07, 6.45) is 1.91. The first-order chi connectivity index (χ1) is 10.5. The van der Waals surface area contributed by atoms with E-state index >= 15 is 0 Å². The van der Waals surface area contributed by atoms with Gasteiger partial charge in [-0.05, 0) is 36.5 Å². The Morgan fingerprint density at radius 3 is 2.39 bits per heavy atom. The molecule has 3 fully saturated rings. The SMILES string of the molecule is CC(C)[C@H](O)[C@@H](C)C(=O)N1[C@@H]2C[C@H]3CC[C@]2(CS1(=O)=O)C3(C)C. The van der Waals surface area contributed by atoms with Crippen LogP contribution >= 0.6 is 0 Å². The summed E-state index contributed by atoms with van der Waals surface area (Å²) >= 11 is 0. The van der Waals surface area contributed by atoms with E-state index in [1.54, 1.807) is 6.92 Å². The summed E-state index contributed by atoms with van der Waals surface area (Å²) in [6, 6.07) is -0.212. The number of rotatable bonds is 3. The molecule has 1 heterocycles. The molecule has 0 radical (unpaired) electrons. The zero-order chi connectivity index (χ0) is 17.4. The van der Waals surface area contributed by atoms with Gasteiger partial charge in [-0.3, -0.25) is 4.79 Å². The first-order valence-corrected chi connectivity index (χ1v) is 10.3. The summed E-state index contributed by atoms with van der Waals surface area (Å²) in [6.45, 7) is 9.66. The maximum atomic E-state index is 12.9. The van der Waals surface area contributed by atoms with E-state index in [0.717, 1.165) is 19.3 Å². The molecule has 1 N–H and O–H groups in total. The summed E-state index contributed by atoms with van der Waals surface area (Å²) in [7, 11) is -3.59. The number of aliphatic hydroxyl groups is 1. The van der Waals surface area contributed by atoms with Crippen molar-refractivity contribution in [2.45, 2.75) is 66.0 Å². The minimum Gasteiger partial charge on any atom is -0.392 e. The van der Waals surface area contributed by atoms with Gasteiger partial charge in [0.2, 0.25) is 15.9 Å². The molecule has 1 saturated heterocycles. The first-order valence-electron chi connectivity index (χ1n) is 8.70. The van der Waals surface area contributed by atoms with Crippen LogP contribution in [0.15, 0.2) is 0 Å². The third kappa shape index (κ3) is 2.06. The lowest BCUT2D eigenvalue weighted by molar-refractivity contribution is -0.137. The van der Waals surface area contributed by atoms with E-state index < -0.39 is 28.0 Å². The second kappa shape index (κ2) is 4.94. The molecule has 1 amide bonds. The Morgan fingerprint density at radius 2 is 1.87 bits per heavy atom. The second-order valence-electron chi connectivity index (χ2n) is 8.78. The van der Waals surface area contributed by atoms with E-state index in [-0.39, 0.29) is 28.5 Å². The Morgan fingerprint density at radius 1 is 1.26 bits per heavy atom. The summed E-state index contributed by atoms with van der Waals surface area (Å²) in [4.78, 5) is 12.9. The minimum absolute atomic E-state index is 0.0420. The normalized spacial score (nSPS) is 39.5. The monoisotopic (exact) mass is 343 g/mol. The van der Waals surface area contributed by atoms with Crippen LogP contribution in [0.5, 0.6) is 0 Å². The highest BCUT2D eigenvalue weighted by Gasteiger charge is 2.72. The van der Waals surface area contributed by atoms with Crippen molar-refractivity contribution in [2.24, 2.45) is 28.6 Å². The van der Waals surface area contributed by atoms with E-state index in [9.17, 15) is 18.3 Å². The standard InChI is InChI=1S/C17H29NO4S/c1-10(2)14(19)11(3)15(20)18-13-8-12-6-7-17(13,16(12,4)5)9-23(18,21)22/h10-14,19H,6-9H2,1-5H3/t11-,12-,13-,14+,17-/m1/s1. The molecule has 1 aliphatic heterocycles. The van der Waals surface area contributed by atoms with Crippen molar-refractivity contribution >= 4 is 15.9 Å². The molecule has 23 heavy (non-hydrogen) atoms. The number of carbonyl (C=O) groups excluding carboxylic acids is 1. The Bertz CT molecular complexity index is 627. The van der Waals surface area contributed by atoms with Gasteiger partial charge in [-0.25, -0.2) is 12.7 Å².